The van der Waals surface area contributed by atoms with Crippen LogP contribution in [0.5, 0.6) is 0 Å². The van der Waals surface area contributed by atoms with Crippen LogP contribution >= 0.6 is 12.2 Å². The highest BCUT2D eigenvalue weighted by molar-refractivity contribution is 7.71. The minimum absolute atomic E-state index is 0.0104. The van der Waals surface area contributed by atoms with Crippen LogP contribution in [0.3, 0.4) is 0 Å². The SMILES string of the molecule is N#Cc1ccc(-c2cccc([N+](=O)[O-])c2)[nH]c1=S. The molecule has 1 N–H and O–H groups in total. The molecule has 18 heavy (non-hydrogen) atoms. The molecular weight excluding hydrogens is 250 g/mol. The van der Waals surface area contributed by atoms with E-state index in [1.807, 2.05) is 6.07 Å². The first kappa shape index (κ1) is 12.0. The van der Waals surface area contributed by atoms with Gasteiger partial charge < -0.3 is 4.98 Å². The normalized spacial score (nSPS) is 9.72. The van der Waals surface area contributed by atoms with Crippen molar-refractivity contribution in [3.63, 3.8) is 0 Å². The molecule has 88 valence electrons. The summed E-state index contributed by atoms with van der Waals surface area (Å²) in [5.41, 5.74) is 1.68. The van der Waals surface area contributed by atoms with Gasteiger partial charge in [-0.25, -0.2) is 0 Å². The summed E-state index contributed by atoms with van der Waals surface area (Å²) in [6, 6.07) is 11.4. The maximum atomic E-state index is 10.7. The zero-order chi connectivity index (χ0) is 13.1. The molecule has 0 radical (unpaired) electrons. The third-order valence-electron chi connectivity index (χ3n) is 2.40. The maximum Gasteiger partial charge on any atom is 0.270 e. The van der Waals surface area contributed by atoms with Gasteiger partial charge in [0, 0.05) is 23.4 Å². The van der Waals surface area contributed by atoms with Crippen molar-refractivity contribution in [1.82, 2.24) is 4.98 Å². The van der Waals surface area contributed by atoms with E-state index in [4.69, 9.17) is 17.5 Å². The number of nitrogens with zero attached hydrogens (tertiary/aromatic N) is 2. The average Bonchev–Trinajstić information content (AvgIpc) is 2.38. The summed E-state index contributed by atoms with van der Waals surface area (Å²) in [5, 5.41) is 19.5. The fourth-order valence-corrected chi connectivity index (χ4v) is 1.74. The first-order valence-electron chi connectivity index (χ1n) is 5.00. The first-order chi connectivity index (χ1) is 8.61. The average molecular weight is 257 g/mol. The molecule has 0 saturated heterocycles. The Morgan fingerprint density at radius 2 is 2.11 bits per heavy atom. The van der Waals surface area contributed by atoms with Gasteiger partial charge in [-0.1, -0.05) is 24.4 Å². The Kier molecular flexibility index (Phi) is 3.17. The molecule has 1 aromatic heterocycles. The van der Waals surface area contributed by atoms with Gasteiger partial charge in [0.05, 0.1) is 10.5 Å². The van der Waals surface area contributed by atoms with Crippen molar-refractivity contribution < 1.29 is 4.92 Å². The monoisotopic (exact) mass is 257 g/mol. The molecule has 2 rings (SSSR count). The van der Waals surface area contributed by atoms with E-state index in [0.717, 1.165) is 0 Å². The van der Waals surface area contributed by atoms with Crippen LogP contribution in [-0.4, -0.2) is 9.91 Å². The van der Waals surface area contributed by atoms with Gasteiger partial charge >= 0.3 is 0 Å². The molecule has 0 amide bonds. The molecule has 2 aromatic rings. The van der Waals surface area contributed by atoms with Crippen LogP contribution in [0.15, 0.2) is 36.4 Å². The fourth-order valence-electron chi connectivity index (χ4n) is 1.52. The van der Waals surface area contributed by atoms with Gasteiger partial charge in [0.2, 0.25) is 0 Å². The van der Waals surface area contributed by atoms with Crippen LogP contribution in [0, 0.1) is 26.1 Å². The van der Waals surface area contributed by atoms with E-state index >= 15 is 0 Å². The number of aromatic amines is 1. The lowest BCUT2D eigenvalue weighted by Crippen LogP contribution is -1.90. The summed E-state index contributed by atoms with van der Waals surface area (Å²) < 4.78 is 0.321. The molecule has 0 saturated carbocycles. The van der Waals surface area contributed by atoms with Crippen molar-refractivity contribution in [2.24, 2.45) is 0 Å². The number of benzene rings is 1. The molecule has 0 aliphatic heterocycles. The Hall–Kier alpha value is -2.52. The predicted octanol–water partition coefficient (Wildman–Crippen LogP) is 3.19. The third-order valence-corrected chi connectivity index (χ3v) is 2.72. The number of non-ortho nitro benzene ring substituents is 1. The van der Waals surface area contributed by atoms with Crippen LogP contribution in [-0.2, 0) is 0 Å². The van der Waals surface area contributed by atoms with Crippen molar-refractivity contribution in [1.29, 1.82) is 5.26 Å². The number of pyridine rings is 1. The second kappa shape index (κ2) is 4.77. The number of H-pyrrole nitrogens is 1. The van der Waals surface area contributed by atoms with E-state index in [9.17, 15) is 10.1 Å². The Balaban J connectivity index is 2.53. The number of nitrogens with one attached hydrogen (secondary N) is 1. The van der Waals surface area contributed by atoms with Crippen molar-refractivity contribution in [3.8, 4) is 17.3 Å². The van der Waals surface area contributed by atoms with Gasteiger partial charge in [0.1, 0.15) is 10.7 Å². The van der Waals surface area contributed by atoms with E-state index in [-0.39, 0.29) is 5.69 Å². The highest BCUT2D eigenvalue weighted by Crippen LogP contribution is 2.22. The van der Waals surface area contributed by atoms with Gasteiger partial charge in [-0.2, -0.15) is 5.26 Å². The lowest BCUT2D eigenvalue weighted by atomic mass is 10.1. The van der Waals surface area contributed by atoms with Gasteiger partial charge in [-0.05, 0) is 12.1 Å². The number of nitriles is 1. The summed E-state index contributed by atoms with van der Waals surface area (Å²) in [6.07, 6.45) is 0. The van der Waals surface area contributed by atoms with Crippen molar-refractivity contribution in [2.75, 3.05) is 0 Å². The van der Waals surface area contributed by atoms with Crippen molar-refractivity contribution in [2.45, 2.75) is 0 Å². The first-order valence-corrected chi connectivity index (χ1v) is 5.41. The molecule has 0 fully saturated rings. The van der Waals surface area contributed by atoms with Gasteiger partial charge in [0.15, 0.2) is 0 Å². The largest absolute Gasteiger partial charge is 0.345 e. The molecule has 1 heterocycles. The van der Waals surface area contributed by atoms with Crippen molar-refractivity contribution >= 4 is 17.9 Å². The lowest BCUT2D eigenvalue weighted by molar-refractivity contribution is -0.384. The van der Waals surface area contributed by atoms with E-state index < -0.39 is 4.92 Å². The molecule has 0 aliphatic carbocycles. The van der Waals surface area contributed by atoms with Crippen molar-refractivity contribution in [3.05, 3.63) is 56.7 Å². The number of hydrogen-bond acceptors (Lipinski definition) is 4. The highest BCUT2D eigenvalue weighted by Gasteiger charge is 2.07. The smallest absolute Gasteiger partial charge is 0.270 e. The predicted molar refractivity (Wildman–Crippen MR) is 68.4 cm³/mol. The lowest BCUT2D eigenvalue weighted by Gasteiger charge is -2.02. The molecule has 5 nitrogen and oxygen atoms in total. The van der Waals surface area contributed by atoms with Crippen LogP contribution in [0.2, 0.25) is 0 Å². The minimum atomic E-state index is -0.457. The van der Waals surface area contributed by atoms with E-state index in [1.54, 1.807) is 24.3 Å². The summed E-state index contributed by atoms with van der Waals surface area (Å²) in [7, 11) is 0. The second-order valence-corrected chi connectivity index (χ2v) is 3.94. The zero-order valence-electron chi connectivity index (χ0n) is 9.08. The molecule has 1 aromatic carbocycles. The Bertz CT molecular complexity index is 716. The number of rotatable bonds is 2. The van der Waals surface area contributed by atoms with E-state index in [2.05, 4.69) is 4.98 Å². The fraction of sp³-hybridized carbons (Fsp3) is 0. The Morgan fingerprint density at radius 1 is 1.33 bits per heavy atom. The molecule has 0 unspecified atom stereocenters. The summed E-state index contributed by atoms with van der Waals surface area (Å²) >= 11 is 5.01. The Labute approximate surface area is 107 Å². The molecular formula is C12H7N3O2S. The Morgan fingerprint density at radius 3 is 2.72 bits per heavy atom. The van der Waals surface area contributed by atoms with Crippen LogP contribution < -0.4 is 0 Å². The summed E-state index contributed by atoms with van der Waals surface area (Å²) in [5.74, 6) is 0. The minimum Gasteiger partial charge on any atom is -0.345 e. The molecule has 6 heteroatoms. The van der Waals surface area contributed by atoms with Gasteiger partial charge in [0.25, 0.3) is 5.69 Å². The standard InChI is InChI=1S/C12H7N3O2S/c13-7-9-4-5-11(14-12(9)18)8-2-1-3-10(6-8)15(16)17/h1-6H,(H,14,18). The highest BCUT2D eigenvalue weighted by atomic mass is 32.1. The second-order valence-electron chi connectivity index (χ2n) is 3.53. The number of hydrogen-bond donors (Lipinski definition) is 1. The van der Waals surface area contributed by atoms with E-state index in [0.29, 0.717) is 21.5 Å². The van der Waals surface area contributed by atoms with Crippen LogP contribution in [0.1, 0.15) is 5.56 Å². The quantitative estimate of drug-likeness (QED) is 0.508. The van der Waals surface area contributed by atoms with Crippen LogP contribution in [0.4, 0.5) is 5.69 Å². The zero-order valence-corrected chi connectivity index (χ0v) is 9.90. The summed E-state index contributed by atoms with van der Waals surface area (Å²) in [6.45, 7) is 0. The third kappa shape index (κ3) is 2.26. The number of nitro groups is 1. The van der Waals surface area contributed by atoms with Gasteiger partial charge in [-0.15, -0.1) is 0 Å². The molecule has 0 bridgehead atoms. The number of nitro benzene ring substituents is 1. The van der Waals surface area contributed by atoms with Gasteiger partial charge in [-0.3, -0.25) is 10.1 Å². The van der Waals surface area contributed by atoms with Crippen LogP contribution in [0.25, 0.3) is 11.3 Å². The molecule has 0 atom stereocenters. The molecule has 0 spiro atoms. The van der Waals surface area contributed by atoms with E-state index in [1.165, 1.54) is 12.1 Å². The maximum absolute atomic E-state index is 10.7. The molecule has 0 aliphatic rings. The topological polar surface area (TPSA) is 82.7 Å². The number of aromatic nitrogens is 1. The summed E-state index contributed by atoms with van der Waals surface area (Å²) in [4.78, 5) is 13.1.